The number of ketones is 1. The molecule has 3 rings (SSSR count). The van der Waals surface area contributed by atoms with Crippen molar-refractivity contribution in [3.05, 3.63) is 83.9 Å². The highest BCUT2D eigenvalue weighted by Gasteiger charge is 2.22. The number of rotatable bonds is 18. The van der Waals surface area contributed by atoms with Crippen molar-refractivity contribution in [1.29, 1.82) is 0 Å². The second-order valence-electron chi connectivity index (χ2n) is 10.5. The first-order chi connectivity index (χ1) is 20.9. The number of terminal acetylenes is 1. The molecule has 6 heteroatoms. The second-order valence-corrected chi connectivity index (χ2v) is 10.5. The molecule has 0 amide bonds. The van der Waals surface area contributed by atoms with Crippen molar-refractivity contribution in [3.8, 4) is 35.0 Å². The Hall–Kier alpha value is -4.37. The summed E-state index contributed by atoms with van der Waals surface area (Å²) < 4.78 is 16.7. The number of benzene rings is 3. The minimum absolute atomic E-state index is 0.230. The topological polar surface area (TPSA) is 78.9 Å². The lowest BCUT2D eigenvalue weighted by Crippen LogP contribution is -2.26. The fourth-order valence-electron chi connectivity index (χ4n) is 4.55. The van der Waals surface area contributed by atoms with E-state index in [9.17, 15) is 14.4 Å². The molecule has 0 saturated heterocycles. The van der Waals surface area contributed by atoms with Crippen LogP contribution in [0.15, 0.2) is 72.8 Å². The van der Waals surface area contributed by atoms with Gasteiger partial charge in [0.1, 0.15) is 11.5 Å². The molecule has 0 aromatic heterocycles. The Morgan fingerprint density at radius 2 is 1.16 bits per heavy atom. The molecule has 0 heterocycles. The monoisotopic (exact) mass is 582 g/mol. The van der Waals surface area contributed by atoms with E-state index in [1.807, 2.05) is 49.2 Å². The summed E-state index contributed by atoms with van der Waals surface area (Å²) in [7, 11) is 0. The van der Waals surface area contributed by atoms with E-state index in [0.29, 0.717) is 12.0 Å². The molecule has 0 radical (unpaired) electrons. The fraction of sp³-hybridized carbons (Fsp3) is 0.378. The molecular weight excluding hydrogens is 540 g/mol. The second kappa shape index (κ2) is 18.2. The zero-order valence-corrected chi connectivity index (χ0v) is 25.3. The molecule has 0 bridgehead atoms. The third kappa shape index (κ3) is 11.1. The predicted molar refractivity (Wildman–Crippen MR) is 169 cm³/mol. The van der Waals surface area contributed by atoms with E-state index >= 15 is 0 Å². The van der Waals surface area contributed by atoms with E-state index in [0.717, 1.165) is 49.2 Å². The summed E-state index contributed by atoms with van der Waals surface area (Å²) in [5, 5.41) is 0. The number of hydrogen-bond donors (Lipinski definition) is 0. The lowest BCUT2D eigenvalue weighted by molar-refractivity contribution is -0.122. The zero-order valence-electron chi connectivity index (χ0n) is 25.3. The van der Waals surface area contributed by atoms with Crippen LogP contribution in [0.5, 0.6) is 11.5 Å². The quantitative estimate of drug-likeness (QED) is 0.0491. The molecule has 226 valence electrons. The molecule has 0 spiro atoms. The van der Waals surface area contributed by atoms with Gasteiger partial charge in [-0.1, -0.05) is 83.1 Å². The summed E-state index contributed by atoms with van der Waals surface area (Å²) in [4.78, 5) is 37.3. The first kappa shape index (κ1) is 33.1. The van der Waals surface area contributed by atoms with Crippen molar-refractivity contribution in [3.63, 3.8) is 0 Å². The molecule has 1 unspecified atom stereocenters. The van der Waals surface area contributed by atoms with Gasteiger partial charge in [0.05, 0.1) is 17.7 Å². The predicted octanol–water partition coefficient (Wildman–Crippen LogP) is 8.62. The van der Waals surface area contributed by atoms with Gasteiger partial charge in [0.15, 0.2) is 6.10 Å². The van der Waals surface area contributed by atoms with Crippen LogP contribution in [0, 0.1) is 12.3 Å². The molecular formula is C37H42O6. The fourth-order valence-corrected chi connectivity index (χ4v) is 4.55. The van der Waals surface area contributed by atoms with Crippen molar-refractivity contribution >= 4 is 17.7 Å². The Balaban J connectivity index is 1.49. The molecule has 6 nitrogen and oxygen atoms in total. The standard InChI is InChI=1S/C37H42O6/c1-4-7-9-10-11-13-27-41-32-23-19-29(20-24-32)28-15-17-30(18-16-28)36(39)42-33-25-21-31(22-26-33)37(40)43-35(34(38)6-3)14-12-8-5-2/h3,15-26,35H,4-5,7-14,27H2,1-2H3. The van der Waals surface area contributed by atoms with Gasteiger partial charge in [-0.2, -0.15) is 0 Å². The van der Waals surface area contributed by atoms with Gasteiger partial charge in [-0.05, 0) is 84.8 Å². The molecule has 0 aliphatic rings. The van der Waals surface area contributed by atoms with E-state index in [-0.39, 0.29) is 11.3 Å². The smallest absolute Gasteiger partial charge is 0.343 e. The summed E-state index contributed by atoms with van der Waals surface area (Å²) in [6.45, 7) is 4.99. The normalized spacial score (nSPS) is 11.3. The van der Waals surface area contributed by atoms with Gasteiger partial charge in [0.2, 0.25) is 5.78 Å². The highest BCUT2D eigenvalue weighted by Crippen LogP contribution is 2.24. The first-order valence-electron chi connectivity index (χ1n) is 15.3. The largest absolute Gasteiger partial charge is 0.494 e. The maximum absolute atomic E-state index is 12.7. The van der Waals surface area contributed by atoms with Crippen LogP contribution in [-0.2, 0) is 9.53 Å². The molecule has 0 fully saturated rings. The number of carbonyl (C=O) groups is 3. The molecule has 0 aliphatic heterocycles. The summed E-state index contributed by atoms with van der Waals surface area (Å²) in [6, 6.07) is 21.1. The molecule has 0 aliphatic carbocycles. The number of hydrogen-bond acceptors (Lipinski definition) is 6. The lowest BCUT2D eigenvalue weighted by atomic mass is 10.0. The van der Waals surface area contributed by atoms with Crippen LogP contribution in [0.2, 0.25) is 0 Å². The summed E-state index contributed by atoms with van der Waals surface area (Å²) >= 11 is 0. The molecule has 43 heavy (non-hydrogen) atoms. The van der Waals surface area contributed by atoms with Gasteiger partial charge in [0, 0.05) is 0 Å². The van der Waals surface area contributed by atoms with Gasteiger partial charge in [-0.15, -0.1) is 6.42 Å². The van der Waals surface area contributed by atoms with Crippen molar-refractivity contribution in [2.24, 2.45) is 0 Å². The molecule has 0 N–H and O–H groups in total. The Morgan fingerprint density at radius 3 is 1.79 bits per heavy atom. The Morgan fingerprint density at radius 1 is 0.651 bits per heavy atom. The van der Waals surface area contributed by atoms with Gasteiger partial charge in [-0.25, -0.2) is 9.59 Å². The Kier molecular flexibility index (Phi) is 14.0. The van der Waals surface area contributed by atoms with Crippen LogP contribution in [0.25, 0.3) is 11.1 Å². The van der Waals surface area contributed by atoms with Crippen LogP contribution >= 0.6 is 0 Å². The maximum atomic E-state index is 12.7. The number of unbranched alkanes of at least 4 members (excludes halogenated alkanes) is 7. The van der Waals surface area contributed by atoms with Crippen LogP contribution in [0.1, 0.15) is 98.8 Å². The van der Waals surface area contributed by atoms with Crippen molar-refractivity contribution in [1.82, 2.24) is 0 Å². The Bertz CT molecular complexity index is 1330. The van der Waals surface area contributed by atoms with E-state index in [1.54, 1.807) is 12.1 Å². The SMILES string of the molecule is C#CC(=O)C(CCCCC)OC(=O)c1ccc(OC(=O)c2ccc(-c3ccc(OCCCCCCCC)cc3)cc2)cc1. The molecule has 1 atom stereocenters. The first-order valence-corrected chi connectivity index (χ1v) is 15.3. The summed E-state index contributed by atoms with van der Waals surface area (Å²) in [5.74, 6) is 1.45. The van der Waals surface area contributed by atoms with Crippen molar-refractivity contribution in [2.75, 3.05) is 6.61 Å². The lowest BCUT2D eigenvalue weighted by Gasteiger charge is -2.14. The number of Topliss-reactive ketones (excluding diaryl/α,β-unsaturated/α-hetero) is 1. The van der Waals surface area contributed by atoms with Crippen molar-refractivity contribution < 1.29 is 28.6 Å². The maximum Gasteiger partial charge on any atom is 0.343 e. The van der Waals surface area contributed by atoms with Crippen molar-refractivity contribution in [2.45, 2.75) is 84.2 Å². The van der Waals surface area contributed by atoms with E-state index in [4.69, 9.17) is 20.6 Å². The number of esters is 2. The molecule has 3 aromatic carbocycles. The highest BCUT2D eigenvalue weighted by atomic mass is 16.5. The molecule has 3 aromatic rings. The summed E-state index contributed by atoms with van der Waals surface area (Å²) in [5.41, 5.74) is 2.62. The minimum atomic E-state index is -0.967. The zero-order chi connectivity index (χ0) is 30.9. The highest BCUT2D eigenvalue weighted by molar-refractivity contribution is 6.01. The van der Waals surface area contributed by atoms with Gasteiger partial charge in [0.25, 0.3) is 0 Å². The van der Waals surface area contributed by atoms with Gasteiger partial charge < -0.3 is 14.2 Å². The molecule has 0 saturated carbocycles. The average Bonchev–Trinajstić information content (AvgIpc) is 3.04. The third-order valence-corrected chi connectivity index (χ3v) is 7.13. The van der Waals surface area contributed by atoms with E-state index in [1.165, 1.54) is 56.4 Å². The van der Waals surface area contributed by atoms with Crippen LogP contribution in [0.4, 0.5) is 0 Å². The van der Waals surface area contributed by atoms with Crippen LogP contribution < -0.4 is 9.47 Å². The summed E-state index contributed by atoms with van der Waals surface area (Å²) in [6.07, 6.45) is 14.7. The average molecular weight is 583 g/mol. The third-order valence-electron chi connectivity index (χ3n) is 7.13. The van der Waals surface area contributed by atoms with Crippen LogP contribution in [-0.4, -0.2) is 30.4 Å². The van der Waals surface area contributed by atoms with Gasteiger partial charge >= 0.3 is 11.9 Å². The number of carbonyl (C=O) groups excluding carboxylic acids is 3. The van der Waals surface area contributed by atoms with E-state index < -0.39 is 23.8 Å². The number of ether oxygens (including phenoxy) is 3. The van der Waals surface area contributed by atoms with E-state index in [2.05, 4.69) is 6.92 Å². The Labute approximate surface area is 255 Å². The minimum Gasteiger partial charge on any atom is -0.494 e. The van der Waals surface area contributed by atoms with Gasteiger partial charge in [-0.3, -0.25) is 4.79 Å². The van der Waals surface area contributed by atoms with Crippen LogP contribution in [0.3, 0.4) is 0 Å².